The molecule has 9 rings (SSSR count). The molecule has 0 saturated heterocycles. The number of thioether (sulfide) groups is 1. The molecule has 1 heterocycles. The molecule has 1 atom stereocenters. The van der Waals surface area contributed by atoms with Crippen molar-refractivity contribution in [1.82, 2.24) is 0 Å². The van der Waals surface area contributed by atoms with E-state index in [0.717, 1.165) is 0 Å². The van der Waals surface area contributed by atoms with Crippen LogP contribution in [0, 0.1) is 0 Å². The standard InChI is InChI=1S/C42H31NS/c1-42(2)36-14-7-6-13-33(36)34-21-19-32(25-37(34)42)30-12-8-11-29(23-30)31-18-16-26-15-17-27-20-22-38-40(39(27)35(26)24-31)44-41(43-38)28-9-4-3-5-10-28/h3-25,41,43H,1-2H3. The highest BCUT2D eigenvalue weighted by atomic mass is 32.2. The van der Waals surface area contributed by atoms with Gasteiger partial charge in [-0.05, 0) is 90.5 Å². The Morgan fingerprint density at radius 1 is 0.545 bits per heavy atom. The number of hydrogen-bond acceptors (Lipinski definition) is 2. The van der Waals surface area contributed by atoms with E-state index >= 15 is 0 Å². The third kappa shape index (κ3) is 3.87. The highest BCUT2D eigenvalue weighted by Gasteiger charge is 2.35. The minimum Gasteiger partial charge on any atom is -0.368 e. The van der Waals surface area contributed by atoms with E-state index in [4.69, 9.17) is 0 Å². The monoisotopic (exact) mass is 581 g/mol. The molecule has 0 aromatic heterocycles. The summed E-state index contributed by atoms with van der Waals surface area (Å²) in [6.45, 7) is 4.70. The summed E-state index contributed by atoms with van der Waals surface area (Å²) in [5.41, 5.74) is 13.1. The molecule has 1 unspecified atom stereocenters. The predicted molar refractivity (Wildman–Crippen MR) is 189 cm³/mol. The smallest absolute Gasteiger partial charge is 0.103 e. The Morgan fingerprint density at radius 2 is 1.20 bits per heavy atom. The van der Waals surface area contributed by atoms with Crippen LogP contribution in [-0.2, 0) is 5.41 Å². The Morgan fingerprint density at radius 3 is 2.07 bits per heavy atom. The van der Waals surface area contributed by atoms with Gasteiger partial charge in [0.05, 0.1) is 0 Å². The zero-order valence-electron chi connectivity index (χ0n) is 24.8. The Kier molecular flexibility index (Phi) is 5.61. The zero-order valence-corrected chi connectivity index (χ0v) is 25.6. The molecule has 0 spiro atoms. The molecular formula is C42H31NS. The van der Waals surface area contributed by atoms with Crippen molar-refractivity contribution in [1.29, 1.82) is 0 Å². The lowest BCUT2D eigenvalue weighted by atomic mass is 9.81. The van der Waals surface area contributed by atoms with Crippen molar-refractivity contribution in [2.75, 3.05) is 5.32 Å². The molecule has 1 N–H and O–H groups in total. The second-order valence-electron chi connectivity index (χ2n) is 12.6. The molecule has 7 aromatic rings. The maximum Gasteiger partial charge on any atom is 0.103 e. The molecular weight excluding hydrogens is 551 g/mol. The predicted octanol–water partition coefficient (Wildman–Crippen LogP) is 11.8. The maximum absolute atomic E-state index is 3.77. The highest BCUT2D eigenvalue weighted by molar-refractivity contribution is 8.00. The van der Waals surface area contributed by atoms with Gasteiger partial charge in [-0.1, -0.05) is 141 Å². The maximum atomic E-state index is 3.77. The van der Waals surface area contributed by atoms with E-state index in [0.29, 0.717) is 0 Å². The van der Waals surface area contributed by atoms with E-state index < -0.39 is 0 Å². The van der Waals surface area contributed by atoms with Crippen molar-refractivity contribution in [3.05, 3.63) is 156 Å². The molecule has 210 valence electrons. The summed E-state index contributed by atoms with van der Waals surface area (Å²) in [4.78, 5) is 1.34. The molecule has 1 aliphatic heterocycles. The summed E-state index contributed by atoms with van der Waals surface area (Å²) in [7, 11) is 0. The number of fused-ring (bicyclic) bond motifs is 8. The average Bonchev–Trinajstić information content (AvgIpc) is 3.62. The lowest BCUT2D eigenvalue weighted by Gasteiger charge is -2.22. The number of anilines is 1. The summed E-state index contributed by atoms with van der Waals surface area (Å²) >= 11 is 1.93. The highest BCUT2D eigenvalue weighted by Crippen LogP contribution is 2.52. The van der Waals surface area contributed by atoms with E-state index in [1.165, 1.54) is 82.2 Å². The largest absolute Gasteiger partial charge is 0.368 e. The van der Waals surface area contributed by atoms with Gasteiger partial charge < -0.3 is 5.32 Å². The van der Waals surface area contributed by atoms with Gasteiger partial charge in [0, 0.05) is 21.4 Å². The van der Waals surface area contributed by atoms with Crippen LogP contribution >= 0.6 is 11.8 Å². The minimum absolute atomic E-state index is 0.00834. The van der Waals surface area contributed by atoms with Crippen LogP contribution in [0.15, 0.2) is 144 Å². The quantitative estimate of drug-likeness (QED) is 0.208. The molecule has 0 bridgehead atoms. The third-order valence-electron chi connectivity index (χ3n) is 9.69. The molecule has 1 nitrogen and oxygen atoms in total. The van der Waals surface area contributed by atoms with Crippen molar-refractivity contribution >= 4 is 39.0 Å². The lowest BCUT2D eigenvalue weighted by Crippen LogP contribution is -2.14. The first-order valence-corrected chi connectivity index (χ1v) is 16.3. The molecule has 0 saturated carbocycles. The van der Waals surface area contributed by atoms with E-state index in [1.807, 2.05) is 11.8 Å². The SMILES string of the molecule is CC1(C)c2ccccc2-c2ccc(-c3cccc(-c4ccc5ccc6ccc7c(c6c5c4)SC(c4ccccc4)N7)c3)cc21. The first kappa shape index (κ1) is 25.7. The Hall–Kier alpha value is -4.79. The zero-order chi connectivity index (χ0) is 29.4. The third-order valence-corrected chi connectivity index (χ3v) is 11.0. The molecule has 0 fully saturated rings. The Labute approximate surface area is 262 Å². The van der Waals surface area contributed by atoms with E-state index in [1.54, 1.807) is 0 Å². The second kappa shape index (κ2) is 9.61. The normalized spacial score (nSPS) is 16.0. The van der Waals surface area contributed by atoms with Gasteiger partial charge in [0.25, 0.3) is 0 Å². The number of nitrogens with one attached hydrogen (secondary N) is 1. The van der Waals surface area contributed by atoms with Gasteiger partial charge >= 0.3 is 0 Å². The van der Waals surface area contributed by atoms with E-state index in [2.05, 4.69) is 159 Å². The topological polar surface area (TPSA) is 12.0 Å². The number of rotatable bonds is 3. The number of benzene rings is 7. The molecule has 1 aliphatic carbocycles. The van der Waals surface area contributed by atoms with Gasteiger partial charge in [0.2, 0.25) is 0 Å². The molecule has 2 heteroatoms. The lowest BCUT2D eigenvalue weighted by molar-refractivity contribution is 0.660. The Balaban J connectivity index is 1.13. The summed E-state index contributed by atoms with van der Waals surface area (Å²) in [5.74, 6) is 0. The molecule has 2 aliphatic rings. The van der Waals surface area contributed by atoms with Crippen LogP contribution < -0.4 is 5.32 Å². The van der Waals surface area contributed by atoms with Crippen LogP contribution in [0.4, 0.5) is 5.69 Å². The van der Waals surface area contributed by atoms with Gasteiger partial charge in [-0.2, -0.15) is 0 Å². The van der Waals surface area contributed by atoms with Crippen molar-refractivity contribution in [3.8, 4) is 33.4 Å². The summed E-state index contributed by atoms with van der Waals surface area (Å²) < 4.78 is 0. The second-order valence-corrected chi connectivity index (χ2v) is 13.7. The summed E-state index contributed by atoms with van der Waals surface area (Å²) in [6, 6.07) is 51.7. The van der Waals surface area contributed by atoms with E-state index in [-0.39, 0.29) is 10.8 Å². The fourth-order valence-corrected chi connectivity index (χ4v) is 8.67. The van der Waals surface area contributed by atoms with Crippen LogP contribution in [0.3, 0.4) is 0 Å². The van der Waals surface area contributed by atoms with Crippen LogP contribution in [0.2, 0.25) is 0 Å². The van der Waals surface area contributed by atoms with Gasteiger partial charge in [0.1, 0.15) is 5.37 Å². The van der Waals surface area contributed by atoms with Crippen molar-refractivity contribution in [3.63, 3.8) is 0 Å². The van der Waals surface area contributed by atoms with Crippen LogP contribution in [0.25, 0.3) is 54.9 Å². The van der Waals surface area contributed by atoms with Crippen molar-refractivity contribution in [2.24, 2.45) is 0 Å². The van der Waals surface area contributed by atoms with Crippen LogP contribution in [-0.4, -0.2) is 0 Å². The Bertz CT molecular complexity index is 2260. The van der Waals surface area contributed by atoms with Gasteiger partial charge in [-0.25, -0.2) is 0 Å². The average molecular weight is 582 g/mol. The molecule has 44 heavy (non-hydrogen) atoms. The van der Waals surface area contributed by atoms with Gasteiger partial charge in [-0.3, -0.25) is 0 Å². The van der Waals surface area contributed by atoms with Crippen molar-refractivity contribution < 1.29 is 0 Å². The van der Waals surface area contributed by atoms with E-state index in [9.17, 15) is 0 Å². The summed E-state index contributed by atoms with van der Waals surface area (Å²) in [6.07, 6.45) is 0. The summed E-state index contributed by atoms with van der Waals surface area (Å²) in [5, 5.41) is 9.20. The van der Waals surface area contributed by atoms with Crippen LogP contribution in [0.5, 0.6) is 0 Å². The van der Waals surface area contributed by atoms with Crippen LogP contribution in [0.1, 0.15) is 35.9 Å². The fourth-order valence-electron chi connectivity index (χ4n) is 7.36. The fraction of sp³-hybridized carbons (Fsp3) is 0.0952. The van der Waals surface area contributed by atoms with Gasteiger partial charge in [0.15, 0.2) is 0 Å². The first-order chi connectivity index (χ1) is 21.5. The first-order valence-electron chi connectivity index (χ1n) is 15.4. The molecule has 0 amide bonds. The van der Waals surface area contributed by atoms with Crippen molar-refractivity contribution in [2.45, 2.75) is 29.5 Å². The van der Waals surface area contributed by atoms with Gasteiger partial charge in [-0.15, -0.1) is 0 Å². The molecule has 7 aromatic carbocycles. The number of hydrogen-bond donors (Lipinski definition) is 1. The molecule has 0 radical (unpaired) electrons. The minimum atomic E-state index is -0.00834.